The molecule has 5 aromatic rings. The third kappa shape index (κ3) is 3.47. The molecule has 0 bridgehead atoms. The topological polar surface area (TPSA) is 88.1 Å². The van der Waals surface area contributed by atoms with Crippen LogP contribution in [0.2, 0.25) is 5.02 Å². The molecular weight excluding hydrogens is 414 g/mol. The Hall–Kier alpha value is -3.90. The molecule has 0 aliphatic rings. The predicted molar refractivity (Wildman–Crippen MR) is 120 cm³/mol. The summed E-state index contributed by atoms with van der Waals surface area (Å²) in [4.78, 5) is 23.5. The van der Waals surface area contributed by atoms with Gasteiger partial charge >= 0.3 is 12.0 Å². The van der Waals surface area contributed by atoms with Crippen molar-refractivity contribution in [3.8, 4) is 23.0 Å². The number of H-pyrrole nitrogens is 1. The molecule has 2 aromatic heterocycles. The van der Waals surface area contributed by atoms with Gasteiger partial charge in [-0.25, -0.2) is 9.78 Å². The van der Waals surface area contributed by atoms with Crippen molar-refractivity contribution in [1.82, 2.24) is 15.0 Å². The number of hydrogen-bond acceptors (Lipinski definition) is 4. The first-order chi connectivity index (χ1) is 15.0. The fraction of sp³-hybridized carbons (Fsp3) is 0.0417. The molecule has 152 valence electrons. The summed E-state index contributed by atoms with van der Waals surface area (Å²) in [7, 11) is 0. The fourth-order valence-electron chi connectivity index (χ4n) is 3.57. The lowest BCUT2D eigenvalue weighted by Gasteiger charge is -2.07. The van der Waals surface area contributed by atoms with Gasteiger partial charge in [0.05, 0.1) is 21.8 Å². The highest BCUT2D eigenvalue weighted by Crippen LogP contribution is 2.34. The number of hydrogen-bond donors (Lipinski definition) is 2. The minimum atomic E-state index is -1.01. The van der Waals surface area contributed by atoms with E-state index in [0.717, 1.165) is 16.3 Å². The van der Waals surface area contributed by atoms with E-state index in [9.17, 15) is 9.90 Å². The van der Waals surface area contributed by atoms with Crippen LogP contribution in [0.25, 0.3) is 33.2 Å². The van der Waals surface area contributed by atoms with Crippen LogP contribution in [0.5, 0.6) is 11.8 Å². The van der Waals surface area contributed by atoms with Gasteiger partial charge < -0.3 is 14.8 Å². The number of rotatable bonds is 4. The van der Waals surface area contributed by atoms with E-state index in [-0.39, 0.29) is 11.6 Å². The molecule has 0 aliphatic carbocycles. The van der Waals surface area contributed by atoms with Gasteiger partial charge in [0.15, 0.2) is 5.65 Å². The molecule has 0 aliphatic heterocycles. The molecule has 3 aromatic carbocycles. The van der Waals surface area contributed by atoms with Gasteiger partial charge in [-0.05, 0) is 41.5 Å². The van der Waals surface area contributed by atoms with Crippen molar-refractivity contribution in [1.29, 1.82) is 0 Å². The summed E-state index contributed by atoms with van der Waals surface area (Å²) in [5.41, 5.74) is 3.45. The lowest BCUT2D eigenvalue weighted by atomic mass is 10.0. The number of aromatic carboxylic acids is 1. The normalized spacial score (nSPS) is 11.2. The Balaban J connectivity index is 1.56. The molecule has 0 saturated carbocycles. The summed E-state index contributed by atoms with van der Waals surface area (Å²) >= 11 is 6.56. The van der Waals surface area contributed by atoms with Crippen LogP contribution in [0.1, 0.15) is 15.9 Å². The molecule has 2 heterocycles. The summed E-state index contributed by atoms with van der Waals surface area (Å²) < 4.78 is 5.75. The number of halogens is 1. The highest BCUT2D eigenvalue weighted by Gasteiger charge is 2.15. The number of imidazole rings is 1. The van der Waals surface area contributed by atoms with Crippen molar-refractivity contribution < 1.29 is 14.6 Å². The molecule has 7 heteroatoms. The molecule has 0 amide bonds. The monoisotopic (exact) mass is 429 g/mol. The van der Waals surface area contributed by atoms with E-state index in [2.05, 4.69) is 15.0 Å². The second-order valence-electron chi connectivity index (χ2n) is 7.14. The van der Waals surface area contributed by atoms with Crippen molar-refractivity contribution in [2.75, 3.05) is 0 Å². The number of benzene rings is 3. The highest BCUT2D eigenvalue weighted by molar-refractivity contribution is 6.34. The van der Waals surface area contributed by atoms with Gasteiger partial charge in [-0.1, -0.05) is 60.1 Å². The first-order valence-corrected chi connectivity index (χ1v) is 9.93. The van der Waals surface area contributed by atoms with Gasteiger partial charge in [-0.3, -0.25) is 0 Å². The number of carboxylic acid groups (broad SMARTS) is 1. The van der Waals surface area contributed by atoms with E-state index >= 15 is 0 Å². The molecule has 0 radical (unpaired) electrons. The van der Waals surface area contributed by atoms with Crippen molar-refractivity contribution in [3.05, 3.63) is 82.9 Å². The first-order valence-electron chi connectivity index (χ1n) is 9.56. The van der Waals surface area contributed by atoms with E-state index in [1.165, 1.54) is 6.07 Å². The Morgan fingerprint density at radius 1 is 1.03 bits per heavy atom. The number of carbonyl (C=O) groups is 1. The molecule has 6 nitrogen and oxygen atoms in total. The van der Waals surface area contributed by atoms with Gasteiger partial charge in [-0.15, -0.1) is 0 Å². The zero-order chi connectivity index (χ0) is 21.5. The number of aromatic amines is 1. The molecule has 0 unspecified atom stereocenters. The van der Waals surface area contributed by atoms with Crippen LogP contribution < -0.4 is 4.74 Å². The minimum Gasteiger partial charge on any atom is -0.478 e. The number of aryl methyl sites for hydroxylation is 1. The SMILES string of the molecule is Cc1ccc(Oc2nc3nc(-c4cccc5ccccc45)c(Cl)cc3[nH]2)cc1C(=O)O. The Labute approximate surface area is 182 Å². The molecule has 0 saturated heterocycles. The molecule has 31 heavy (non-hydrogen) atoms. The third-order valence-electron chi connectivity index (χ3n) is 5.10. The quantitative estimate of drug-likeness (QED) is 0.353. The Morgan fingerprint density at radius 2 is 1.84 bits per heavy atom. The second-order valence-corrected chi connectivity index (χ2v) is 7.55. The van der Waals surface area contributed by atoms with Gasteiger partial charge in [-0.2, -0.15) is 4.98 Å². The number of ether oxygens (including phenoxy) is 1. The summed E-state index contributed by atoms with van der Waals surface area (Å²) in [5, 5.41) is 11.9. The summed E-state index contributed by atoms with van der Waals surface area (Å²) in [6.07, 6.45) is 0. The van der Waals surface area contributed by atoms with Crippen LogP contribution in [0, 0.1) is 6.92 Å². The van der Waals surface area contributed by atoms with Crippen LogP contribution >= 0.6 is 11.6 Å². The van der Waals surface area contributed by atoms with Crippen molar-refractivity contribution in [2.24, 2.45) is 0 Å². The Kier molecular flexibility index (Phi) is 4.56. The van der Waals surface area contributed by atoms with Crippen molar-refractivity contribution >= 4 is 39.5 Å². The molecular formula is C24H16ClN3O3. The van der Waals surface area contributed by atoms with Crippen LogP contribution in [0.15, 0.2) is 66.7 Å². The average Bonchev–Trinajstić information content (AvgIpc) is 3.15. The van der Waals surface area contributed by atoms with Crippen LogP contribution in [-0.4, -0.2) is 26.0 Å². The second kappa shape index (κ2) is 7.41. The number of carboxylic acids is 1. The summed E-state index contributed by atoms with van der Waals surface area (Å²) in [6, 6.07) is 20.8. The number of aromatic nitrogens is 3. The lowest BCUT2D eigenvalue weighted by molar-refractivity contribution is 0.0695. The Morgan fingerprint density at radius 3 is 2.68 bits per heavy atom. The zero-order valence-corrected chi connectivity index (χ0v) is 17.1. The van der Waals surface area contributed by atoms with Gasteiger partial charge in [0.1, 0.15) is 5.75 Å². The number of nitrogens with one attached hydrogen (secondary N) is 1. The van der Waals surface area contributed by atoms with E-state index in [0.29, 0.717) is 33.2 Å². The number of fused-ring (bicyclic) bond motifs is 2. The van der Waals surface area contributed by atoms with E-state index in [1.54, 1.807) is 25.1 Å². The van der Waals surface area contributed by atoms with E-state index in [4.69, 9.17) is 16.3 Å². The molecule has 0 spiro atoms. The smallest absolute Gasteiger partial charge is 0.336 e. The molecule has 0 fully saturated rings. The van der Waals surface area contributed by atoms with Gasteiger partial charge in [0.2, 0.25) is 0 Å². The van der Waals surface area contributed by atoms with E-state index < -0.39 is 5.97 Å². The maximum Gasteiger partial charge on any atom is 0.336 e. The standard InChI is InChI=1S/C24H16ClN3O3/c1-13-9-10-15(11-18(13)23(29)30)31-24-26-20-12-19(25)21(27-22(20)28-24)17-8-4-6-14-5-2-3-7-16(14)17/h2-12H,1H3,(H,29,30)(H,26,27,28). The first kappa shape index (κ1) is 19.1. The van der Waals surface area contributed by atoms with Crippen molar-refractivity contribution in [3.63, 3.8) is 0 Å². The predicted octanol–water partition coefficient (Wildman–Crippen LogP) is 6.23. The largest absolute Gasteiger partial charge is 0.478 e. The molecule has 2 N–H and O–H groups in total. The fourth-order valence-corrected chi connectivity index (χ4v) is 3.82. The Bertz CT molecular complexity index is 1470. The average molecular weight is 430 g/mol. The van der Waals surface area contributed by atoms with Crippen LogP contribution in [0.3, 0.4) is 0 Å². The maximum absolute atomic E-state index is 11.4. The van der Waals surface area contributed by atoms with E-state index in [1.807, 2.05) is 42.5 Å². The van der Waals surface area contributed by atoms with Crippen molar-refractivity contribution in [2.45, 2.75) is 6.92 Å². The van der Waals surface area contributed by atoms with Gasteiger partial charge in [0, 0.05) is 5.56 Å². The zero-order valence-electron chi connectivity index (χ0n) is 16.4. The van der Waals surface area contributed by atoms with Crippen LogP contribution in [-0.2, 0) is 0 Å². The molecule has 5 rings (SSSR count). The highest BCUT2D eigenvalue weighted by atomic mass is 35.5. The molecule has 0 atom stereocenters. The maximum atomic E-state index is 11.4. The lowest BCUT2D eigenvalue weighted by Crippen LogP contribution is -2.00. The third-order valence-corrected chi connectivity index (χ3v) is 5.39. The summed E-state index contributed by atoms with van der Waals surface area (Å²) in [5.74, 6) is -0.650. The number of pyridine rings is 1. The number of nitrogens with zero attached hydrogens (tertiary/aromatic N) is 2. The minimum absolute atomic E-state index is 0.174. The van der Waals surface area contributed by atoms with Gasteiger partial charge in [0.25, 0.3) is 0 Å². The summed E-state index contributed by atoms with van der Waals surface area (Å²) in [6.45, 7) is 1.73. The van der Waals surface area contributed by atoms with Crippen LogP contribution in [0.4, 0.5) is 0 Å².